The summed E-state index contributed by atoms with van der Waals surface area (Å²) in [5, 5.41) is 0. The molecule has 0 saturated carbocycles. The van der Waals surface area contributed by atoms with Crippen molar-refractivity contribution >= 4 is 28.4 Å². The molecule has 4 heteroatoms. The molecule has 0 N–H and O–H groups in total. The van der Waals surface area contributed by atoms with Gasteiger partial charge in [-0.25, -0.2) is 4.39 Å². The van der Waals surface area contributed by atoms with Gasteiger partial charge in [0.15, 0.2) is 5.78 Å². The van der Waals surface area contributed by atoms with E-state index in [0.717, 1.165) is 33.1 Å². The summed E-state index contributed by atoms with van der Waals surface area (Å²) in [6.07, 6.45) is 6.23. The number of ketones is 1. The Morgan fingerprint density at radius 1 is 1.20 bits per heavy atom. The van der Waals surface area contributed by atoms with Crippen LogP contribution in [0.4, 0.5) is 4.39 Å². The summed E-state index contributed by atoms with van der Waals surface area (Å²) in [6, 6.07) is 5.17. The molecule has 1 aliphatic carbocycles. The Morgan fingerprint density at radius 2 is 2.05 bits per heavy atom. The smallest absolute Gasteiger partial charge is 0.163 e. The van der Waals surface area contributed by atoms with Gasteiger partial charge in [0.1, 0.15) is 5.82 Å². The van der Waals surface area contributed by atoms with E-state index in [1.54, 1.807) is 18.5 Å². The summed E-state index contributed by atoms with van der Waals surface area (Å²) < 4.78 is 14.8. The predicted molar refractivity (Wildman–Crippen MR) is 83.4 cm³/mol. The standard InChI is InChI=1S/C16H13FINO/c17-14-7-13(18)5-4-10(14)6-12-9-19-8-11-2-1-3-15(20)16(11)12/h4-5,7-9H,1-3,6H2. The minimum absolute atomic E-state index is 0.162. The van der Waals surface area contributed by atoms with Gasteiger partial charge in [-0.1, -0.05) is 6.07 Å². The highest BCUT2D eigenvalue weighted by molar-refractivity contribution is 14.1. The Morgan fingerprint density at radius 3 is 2.85 bits per heavy atom. The maximum atomic E-state index is 14.0. The second-order valence-electron chi connectivity index (χ2n) is 5.02. The molecule has 0 aliphatic heterocycles. The maximum Gasteiger partial charge on any atom is 0.163 e. The van der Waals surface area contributed by atoms with Crippen molar-refractivity contribution in [1.29, 1.82) is 0 Å². The topological polar surface area (TPSA) is 30.0 Å². The molecule has 0 spiro atoms. The maximum absolute atomic E-state index is 14.0. The highest BCUT2D eigenvalue weighted by Gasteiger charge is 2.21. The highest BCUT2D eigenvalue weighted by Crippen LogP contribution is 2.26. The van der Waals surface area contributed by atoms with E-state index in [2.05, 4.69) is 27.6 Å². The molecule has 20 heavy (non-hydrogen) atoms. The molecule has 102 valence electrons. The number of halogens is 2. The van der Waals surface area contributed by atoms with Crippen molar-refractivity contribution in [2.75, 3.05) is 0 Å². The number of aryl methyl sites for hydroxylation is 1. The summed E-state index contributed by atoms with van der Waals surface area (Å²) in [5.74, 6) is -0.0627. The van der Waals surface area contributed by atoms with Crippen LogP contribution in [0.25, 0.3) is 0 Å². The average molecular weight is 381 g/mol. The zero-order valence-corrected chi connectivity index (χ0v) is 13.0. The van der Waals surface area contributed by atoms with Crippen LogP contribution >= 0.6 is 22.6 Å². The third kappa shape index (κ3) is 2.61. The van der Waals surface area contributed by atoms with E-state index in [9.17, 15) is 9.18 Å². The predicted octanol–water partition coefficient (Wildman–Crippen LogP) is 3.94. The summed E-state index contributed by atoms with van der Waals surface area (Å²) in [5.41, 5.74) is 3.22. The summed E-state index contributed by atoms with van der Waals surface area (Å²) in [7, 11) is 0. The Labute approximate surface area is 130 Å². The number of Topliss-reactive ketones (excluding diaryl/α,β-unsaturated/α-hetero) is 1. The first-order chi connectivity index (χ1) is 9.65. The molecule has 1 aliphatic rings. The van der Waals surface area contributed by atoms with Crippen LogP contribution < -0.4 is 0 Å². The normalized spacial score (nSPS) is 14.2. The van der Waals surface area contributed by atoms with Crippen LogP contribution in [0.2, 0.25) is 0 Å². The van der Waals surface area contributed by atoms with Crippen molar-refractivity contribution in [3.8, 4) is 0 Å². The number of fused-ring (bicyclic) bond motifs is 1. The molecule has 0 amide bonds. The van der Waals surface area contributed by atoms with E-state index in [4.69, 9.17) is 0 Å². The van der Waals surface area contributed by atoms with E-state index in [1.165, 1.54) is 6.07 Å². The summed E-state index contributed by atoms with van der Waals surface area (Å²) in [4.78, 5) is 16.3. The van der Waals surface area contributed by atoms with Gasteiger partial charge in [0.25, 0.3) is 0 Å². The average Bonchev–Trinajstić information content (AvgIpc) is 2.42. The van der Waals surface area contributed by atoms with E-state index < -0.39 is 0 Å². The first-order valence-corrected chi connectivity index (χ1v) is 7.66. The Kier molecular flexibility index (Phi) is 3.83. The molecule has 0 unspecified atom stereocenters. The minimum Gasteiger partial charge on any atom is -0.294 e. The minimum atomic E-state index is -0.224. The van der Waals surface area contributed by atoms with Crippen molar-refractivity contribution < 1.29 is 9.18 Å². The van der Waals surface area contributed by atoms with Crippen LogP contribution in [0.1, 0.15) is 39.9 Å². The van der Waals surface area contributed by atoms with E-state index in [-0.39, 0.29) is 11.6 Å². The molecule has 2 nitrogen and oxygen atoms in total. The lowest BCUT2D eigenvalue weighted by atomic mass is 9.87. The Hall–Kier alpha value is -1.30. The van der Waals surface area contributed by atoms with Crippen LogP contribution in [0.3, 0.4) is 0 Å². The Balaban J connectivity index is 2.01. The summed E-state index contributed by atoms with van der Waals surface area (Å²) in [6.45, 7) is 0. The monoisotopic (exact) mass is 381 g/mol. The van der Waals surface area contributed by atoms with Gasteiger partial charge in [0.05, 0.1) is 0 Å². The van der Waals surface area contributed by atoms with Gasteiger partial charge in [0, 0.05) is 34.4 Å². The van der Waals surface area contributed by atoms with Gasteiger partial charge in [-0.2, -0.15) is 0 Å². The lowest BCUT2D eigenvalue weighted by Gasteiger charge is -2.17. The lowest BCUT2D eigenvalue weighted by Crippen LogP contribution is -2.15. The lowest BCUT2D eigenvalue weighted by molar-refractivity contribution is 0.0971. The number of benzene rings is 1. The summed E-state index contributed by atoms with van der Waals surface area (Å²) >= 11 is 2.08. The zero-order valence-electron chi connectivity index (χ0n) is 10.8. The molecule has 0 fully saturated rings. The van der Waals surface area contributed by atoms with Crippen LogP contribution in [0.5, 0.6) is 0 Å². The highest BCUT2D eigenvalue weighted by atomic mass is 127. The first-order valence-electron chi connectivity index (χ1n) is 6.58. The van der Waals surface area contributed by atoms with Crippen molar-refractivity contribution in [1.82, 2.24) is 4.98 Å². The van der Waals surface area contributed by atoms with Gasteiger partial charge in [-0.3, -0.25) is 9.78 Å². The fraction of sp³-hybridized carbons (Fsp3) is 0.250. The molecule has 1 aromatic carbocycles. The van der Waals surface area contributed by atoms with Crippen LogP contribution in [0, 0.1) is 9.39 Å². The van der Waals surface area contributed by atoms with E-state index in [0.29, 0.717) is 18.4 Å². The van der Waals surface area contributed by atoms with Crippen molar-refractivity contribution in [2.24, 2.45) is 0 Å². The third-order valence-electron chi connectivity index (χ3n) is 3.63. The molecule has 1 heterocycles. The van der Waals surface area contributed by atoms with Crippen molar-refractivity contribution in [3.63, 3.8) is 0 Å². The van der Waals surface area contributed by atoms with Gasteiger partial charge >= 0.3 is 0 Å². The molecule has 3 rings (SSSR count). The molecular weight excluding hydrogens is 368 g/mol. The van der Waals surface area contributed by atoms with Gasteiger partial charge in [-0.15, -0.1) is 0 Å². The number of carbonyl (C=O) groups is 1. The molecule has 0 radical (unpaired) electrons. The van der Waals surface area contributed by atoms with Crippen LogP contribution in [0.15, 0.2) is 30.6 Å². The zero-order chi connectivity index (χ0) is 14.1. The van der Waals surface area contributed by atoms with Crippen LogP contribution in [-0.2, 0) is 12.8 Å². The quantitative estimate of drug-likeness (QED) is 0.738. The SMILES string of the molecule is O=C1CCCc2cncc(Cc3ccc(I)cc3F)c21. The molecule has 0 saturated heterocycles. The van der Waals surface area contributed by atoms with Crippen molar-refractivity contribution in [2.45, 2.75) is 25.7 Å². The number of hydrogen-bond donors (Lipinski definition) is 0. The number of nitrogens with zero attached hydrogens (tertiary/aromatic N) is 1. The largest absolute Gasteiger partial charge is 0.294 e. The molecule has 0 atom stereocenters. The van der Waals surface area contributed by atoms with Crippen molar-refractivity contribution in [3.05, 3.63) is 62.2 Å². The molecule has 1 aromatic heterocycles. The van der Waals surface area contributed by atoms with E-state index in [1.807, 2.05) is 6.07 Å². The third-order valence-corrected chi connectivity index (χ3v) is 4.30. The number of pyridine rings is 1. The Bertz CT molecular complexity index is 684. The fourth-order valence-corrected chi connectivity index (χ4v) is 3.12. The number of carbonyl (C=O) groups excluding carboxylic acids is 1. The number of aromatic nitrogens is 1. The molecule has 0 bridgehead atoms. The number of hydrogen-bond acceptors (Lipinski definition) is 2. The molecule has 2 aromatic rings. The first kappa shape index (κ1) is 13.7. The van der Waals surface area contributed by atoms with E-state index >= 15 is 0 Å². The molecular formula is C16H13FINO. The fourth-order valence-electron chi connectivity index (χ4n) is 2.67. The van der Waals surface area contributed by atoms with Gasteiger partial charge in [0.2, 0.25) is 0 Å². The van der Waals surface area contributed by atoms with Gasteiger partial charge in [-0.05, 0) is 64.3 Å². The van der Waals surface area contributed by atoms with Gasteiger partial charge < -0.3 is 0 Å². The second kappa shape index (κ2) is 5.60. The number of rotatable bonds is 2. The second-order valence-corrected chi connectivity index (χ2v) is 6.27. The van der Waals surface area contributed by atoms with Crippen LogP contribution in [-0.4, -0.2) is 10.8 Å².